The first-order valence-electron chi connectivity index (χ1n) is 7.14. The molecule has 0 aromatic heterocycles. The molecule has 2 aliphatic rings. The first kappa shape index (κ1) is 14.6. The molecule has 2 heterocycles. The van der Waals surface area contributed by atoms with Crippen LogP contribution in [0.25, 0.3) is 0 Å². The number of halogens is 1. The van der Waals surface area contributed by atoms with Crippen molar-refractivity contribution in [3.05, 3.63) is 0 Å². The molecule has 0 aliphatic carbocycles. The minimum atomic E-state index is -0.500. The second-order valence-corrected chi connectivity index (χ2v) is 6.75. The van der Waals surface area contributed by atoms with E-state index in [1.54, 1.807) is 4.90 Å². The summed E-state index contributed by atoms with van der Waals surface area (Å²) in [5.41, 5.74) is -0.909. The highest BCUT2D eigenvalue weighted by Gasteiger charge is 2.48. The van der Waals surface area contributed by atoms with E-state index < -0.39 is 11.0 Å². The van der Waals surface area contributed by atoms with Crippen LogP contribution in [0, 0.1) is 5.41 Å². The van der Waals surface area contributed by atoms with Gasteiger partial charge in [0.15, 0.2) is 0 Å². The number of carbonyl (C=O) groups is 1. The van der Waals surface area contributed by atoms with Gasteiger partial charge in [-0.05, 0) is 46.6 Å². The Bertz CT molecular complexity index is 339. The van der Waals surface area contributed by atoms with E-state index in [4.69, 9.17) is 4.74 Å². The molecule has 0 spiro atoms. The standard InChI is InChI=1S/C14H25FN2O2/c1-13(2,3)19-12(18)17-8-4-6-14(9-15)10-16-7-5-11(14)17/h11,16H,4-10H2,1-3H3. The normalized spacial score (nSPS) is 31.8. The van der Waals surface area contributed by atoms with E-state index in [0.29, 0.717) is 13.1 Å². The number of carbonyl (C=O) groups excluding carboxylic acids is 1. The van der Waals surface area contributed by atoms with Gasteiger partial charge in [0.1, 0.15) is 5.60 Å². The van der Waals surface area contributed by atoms with Gasteiger partial charge in [-0.15, -0.1) is 0 Å². The third-order valence-electron chi connectivity index (χ3n) is 4.12. The third-order valence-corrected chi connectivity index (χ3v) is 4.12. The highest BCUT2D eigenvalue weighted by atomic mass is 19.1. The summed E-state index contributed by atoms with van der Waals surface area (Å²) < 4.78 is 19.0. The molecule has 0 saturated carbocycles. The summed E-state index contributed by atoms with van der Waals surface area (Å²) in [6, 6.07) is -0.0256. The molecule has 1 amide bonds. The molecule has 1 N–H and O–H groups in total. The fraction of sp³-hybridized carbons (Fsp3) is 0.929. The molecular formula is C14H25FN2O2. The van der Waals surface area contributed by atoms with E-state index in [-0.39, 0.29) is 18.8 Å². The summed E-state index contributed by atoms with van der Waals surface area (Å²) in [5, 5.41) is 3.26. The Hall–Kier alpha value is -0.840. The Morgan fingerprint density at radius 2 is 2.26 bits per heavy atom. The van der Waals surface area contributed by atoms with Crippen LogP contribution in [-0.4, -0.2) is 48.9 Å². The molecule has 2 rings (SSSR count). The fourth-order valence-corrected chi connectivity index (χ4v) is 3.24. The van der Waals surface area contributed by atoms with Crippen molar-refractivity contribution in [2.75, 3.05) is 26.3 Å². The lowest BCUT2D eigenvalue weighted by molar-refractivity contribution is -0.0429. The maximum absolute atomic E-state index is 13.6. The maximum atomic E-state index is 13.6. The summed E-state index contributed by atoms with van der Waals surface area (Å²) in [5.74, 6) is 0. The van der Waals surface area contributed by atoms with E-state index in [0.717, 1.165) is 25.8 Å². The van der Waals surface area contributed by atoms with Crippen LogP contribution in [0.5, 0.6) is 0 Å². The molecule has 4 nitrogen and oxygen atoms in total. The van der Waals surface area contributed by atoms with Crippen molar-refractivity contribution in [1.29, 1.82) is 0 Å². The third kappa shape index (κ3) is 3.02. The second kappa shape index (κ2) is 5.27. The van der Waals surface area contributed by atoms with E-state index in [2.05, 4.69) is 5.32 Å². The van der Waals surface area contributed by atoms with Gasteiger partial charge in [-0.3, -0.25) is 4.39 Å². The largest absolute Gasteiger partial charge is 0.444 e. The van der Waals surface area contributed by atoms with Crippen molar-refractivity contribution >= 4 is 6.09 Å². The van der Waals surface area contributed by atoms with Crippen molar-refractivity contribution in [3.63, 3.8) is 0 Å². The summed E-state index contributed by atoms with van der Waals surface area (Å²) in [6.45, 7) is 7.39. The smallest absolute Gasteiger partial charge is 0.410 e. The number of amides is 1. The number of nitrogens with one attached hydrogen (secondary N) is 1. The first-order valence-corrected chi connectivity index (χ1v) is 7.14. The number of ether oxygens (including phenoxy) is 1. The number of piperidine rings is 2. The van der Waals surface area contributed by atoms with Crippen LogP contribution in [0.4, 0.5) is 9.18 Å². The van der Waals surface area contributed by atoms with Crippen molar-refractivity contribution in [2.24, 2.45) is 5.41 Å². The van der Waals surface area contributed by atoms with Gasteiger partial charge in [0.2, 0.25) is 0 Å². The summed E-state index contributed by atoms with van der Waals surface area (Å²) in [7, 11) is 0. The van der Waals surface area contributed by atoms with Crippen LogP contribution in [0.3, 0.4) is 0 Å². The number of rotatable bonds is 1. The number of nitrogens with zero attached hydrogens (tertiary/aromatic N) is 1. The van der Waals surface area contributed by atoms with Crippen LogP contribution >= 0.6 is 0 Å². The molecule has 2 unspecified atom stereocenters. The molecule has 0 radical (unpaired) electrons. The number of hydrogen-bond acceptors (Lipinski definition) is 3. The summed E-state index contributed by atoms with van der Waals surface area (Å²) in [4.78, 5) is 14.0. The SMILES string of the molecule is CC(C)(C)OC(=O)N1CCCC2(CF)CNCCC12. The predicted molar refractivity (Wildman–Crippen MR) is 71.9 cm³/mol. The van der Waals surface area contributed by atoms with Crippen LogP contribution in [0.2, 0.25) is 0 Å². The zero-order valence-electron chi connectivity index (χ0n) is 12.2. The average Bonchev–Trinajstić information content (AvgIpc) is 2.35. The Kier molecular flexibility index (Phi) is 4.04. The van der Waals surface area contributed by atoms with Gasteiger partial charge in [0.05, 0.1) is 6.67 Å². The highest BCUT2D eigenvalue weighted by molar-refractivity contribution is 5.69. The molecule has 2 aliphatic heterocycles. The second-order valence-electron chi connectivity index (χ2n) is 6.75. The van der Waals surface area contributed by atoms with Gasteiger partial charge in [0, 0.05) is 24.5 Å². The van der Waals surface area contributed by atoms with Gasteiger partial charge >= 0.3 is 6.09 Å². The number of likely N-dealkylation sites (tertiary alicyclic amines) is 1. The van der Waals surface area contributed by atoms with Gasteiger partial charge in [-0.25, -0.2) is 4.79 Å². The Morgan fingerprint density at radius 1 is 1.53 bits per heavy atom. The van der Waals surface area contributed by atoms with E-state index >= 15 is 0 Å². The average molecular weight is 272 g/mol. The molecule has 2 fully saturated rings. The van der Waals surface area contributed by atoms with Crippen molar-refractivity contribution in [2.45, 2.75) is 51.7 Å². The van der Waals surface area contributed by atoms with E-state index in [1.807, 2.05) is 20.8 Å². The number of hydrogen-bond donors (Lipinski definition) is 1. The zero-order chi connectivity index (χ0) is 14.1. The van der Waals surface area contributed by atoms with Crippen molar-refractivity contribution in [1.82, 2.24) is 10.2 Å². The molecule has 2 atom stereocenters. The lowest BCUT2D eigenvalue weighted by atomic mass is 9.71. The molecule has 2 saturated heterocycles. The first-order chi connectivity index (χ1) is 8.88. The monoisotopic (exact) mass is 272 g/mol. The van der Waals surface area contributed by atoms with Crippen LogP contribution in [-0.2, 0) is 4.74 Å². The molecule has 0 aromatic carbocycles. The molecular weight excluding hydrogens is 247 g/mol. The summed E-state index contributed by atoms with van der Waals surface area (Å²) >= 11 is 0. The summed E-state index contributed by atoms with van der Waals surface area (Å²) in [6.07, 6.45) is 2.21. The Morgan fingerprint density at radius 3 is 2.89 bits per heavy atom. The minimum Gasteiger partial charge on any atom is -0.444 e. The topological polar surface area (TPSA) is 41.6 Å². The van der Waals surface area contributed by atoms with Gasteiger partial charge in [0.25, 0.3) is 0 Å². The Labute approximate surface area is 114 Å². The highest BCUT2D eigenvalue weighted by Crippen LogP contribution is 2.40. The quantitative estimate of drug-likeness (QED) is 0.796. The van der Waals surface area contributed by atoms with Crippen molar-refractivity contribution < 1.29 is 13.9 Å². The predicted octanol–water partition coefficient (Wildman–Crippen LogP) is 2.34. The minimum absolute atomic E-state index is 0.0256. The fourth-order valence-electron chi connectivity index (χ4n) is 3.24. The van der Waals surface area contributed by atoms with Crippen LogP contribution < -0.4 is 5.32 Å². The molecule has 5 heteroatoms. The number of alkyl halides is 1. The molecule has 0 bridgehead atoms. The number of fused-ring (bicyclic) bond motifs is 1. The molecule has 110 valence electrons. The maximum Gasteiger partial charge on any atom is 0.410 e. The van der Waals surface area contributed by atoms with E-state index in [1.165, 1.54) is 0 Å². The van der Waals surface area contributed by atoms with E-state index in [9.17, 15) is 9.18 Å². The lowest BCUT2D eigenvalue weighted by Crippen LogP contribution is -2.62. The molecule has 0 aromatic rings. The van der Waals surface area contributed by atoms with Crippen molar-refractivity contribution in [3.8, 4) is 0 Å². The van der Waals surface area contributed by atoms with Crippen LogP contribution in [0.1, 0.15) is 40.0 Å². The molecule has 19 heavy (non-hydrogen) atoms. The van der Waals surface area contributed by atoms with Gasteiger partial charge in [-0.1, -0.05) is 0 Å². The van der Waals surface area contributed by atoms with Gasteiger partial charge < -0.3 is 15.0 Å². The Balaban J connectivity index is 2.14. The zero-order valence-corrected chi connectivity index (χ0v) is 12.2. The van der Waals surface area contributed by atoms with Gasteiger partial charge in [-0.2, -0.15) is 0 Å². The lowest BCUT2D eigenvalue weighted by Gasteiger charge is -2.51. The van der Waals surface area contributed by atoms with Crippen LogP contribution in [0.15, 0.2) is 0 Å².